The monoisotopic (exact) mass is 346 g/mol. The fourth-order valence-electron chi connectivity index (χ4n) is 4.52. The molecule has 132 valence electrons. The Bertz CT molecular complexity index is 822. The van der Waals surface area contributed by atoms with Gasteiger partial charge in [0.25, 0.3) is 0 Å². The Morgan fingerprint density at radius 1 is 1.00 bits per heavy atom. The Hall–Kier alpha value is -2.95. The van der Waals surface area contributed by atoms with E-state index in [-0.39, 0.29) is 17.9 Å². The first-order valence-corrected chi connectivity index (χ1v) is 8.98. The van der Waals surface area contributed by atoms with Crippen molar-refractivity contribution >= 4 is 5.91 Å². The van der Waals surface area contributed by atoms with Gasteiger partial charge in [0.1, 0.15) is 18.1 Å². The summed E-state index contributed by atoms with van der Waals surface area (Å²) in [5, 5.41) is 4.29. The minimum absolute atomic E-state index is 0.110. The topological polar surface area (TPSA) is 73.8 Å². The number of carbonyl (C=O) groups excluding carboxylic acids is 1. The molecule has 2 atom stereocenters. The lowest BCUT2D eigenvalue weighted by atomic mass is 9.64. The third-order valence-electron chi connectivity index (χ3n) is 5.67. The van der Waals surface area contributed by atoms with Gasteiger partial charge in [0.15, 0.2) is 0 Å². The van der Waals surface area contributed by atoms with Gasteiger partial charge >= 0.3 is 0 Å². The molecule has 1 amide bonds. The van der Waals surface area contributed by atoms with Crippen LogP contribution < -0.4 is 5.73 Å². The number of nitrogens with zero attached hydrogens (tertiary/aromatic N) is 3. The number of nitrogens with two attached hydrogens (primary N) is 1. The molecule has 26 heavy (non-hydrogen) atoms. The Balaban J connectivity index is 1.82. The van der Waals surface area contributed by atoms with Gasteiger partial charge in [0.05, 0.1) is 6.04 Å². The van der Waals surface area contributed by atoms with Crippen LogP contribution in [0.15, 0.2) is 73.3 Å². The maximum Gasteiger partial charge on any atom is 0.232 e. The summed E-state index contributed by atoms with van der Waals surface area (Å²) in [7, 11) is 0. The van der Waals surface area contributed by atoms with Crippen molar-refractivity contribution in [2.75, 3.05) is 0 Å². The molecular formula is C21H22N4O. The highest BCUT2D eigenvalue weighted by Crippen LogP contribution is 2.49. The summed E-state index contributed by atoms with van der Waals surface area (Å²) in [6, 6.07) is 20.1. The summed E-state index contributed by atoms with van der Waals surface area (Å²) in [6.07, 6.45) is 6.03. The van der Waals surface area contributed by atoms with Gasteiger partial charge in [-0.3, -0.25) is 4.79 Å². The van der Waals surface area contributed by atoms with Gasteiger partial charge in [-0.1, -0.05) is 60.7 Å². The predicted molar refractivity (Wildman–Crippen MR) is 99.3 cm³/mol. The predicted octanol–water partition coefficient (Wildman–Crippen LogP) is 3.09. The van der Waals surface area contributed by atoms with E-state index < -0.39 is 5.41 Å². The second kappa shape index (κ2) is 6.75. The molecule has 1 aromatic heterocycles. The third-order valence-corrected chi connectivity index (χ3v) is 5.67. The molecule has 1 heterocycles. The second-order valence-electron chi connectivity index (χ2n) is 6.94. The summed E-state index contributed by atoms with van der Waals surface area (Å²) in [4.78, 5) is 17.1. The smallest absolute Gasteiger partial charge is 0.232 e. The van der Waals surface area contributed by atoms with Crippen molar-refractivity contribution in [2.24, 2.45) is 11.7 Å². The highest BCUT2D eigenvalue weighted by atomic mass is 16.1. The van der Waals surface area contributed by atoms with E-state index in [1.54, 1.807) is 12.7 Å². The summed E-state index contributed by atoms with van der Waals surface area (Å²) in [6.45, 7) is 0. The minimum Gasteiger partial charge on any atom is -0.369 e. The molecule has 0 unspecified atom stereocenters. The quantitative estimate of drug-likeness (QED) is 0.771. The van der Waals surface area contributed by atoms with Crippen LogP contribution in [0.3, 0.4) is 0 Å². The maximum atomic E-state index is 13.0. The number of benzene rings is 2. The van der Waals surface area contributed by atoms with Crippen LogP contribution in [0.2, 0.25) is 0 Å². The molecule has 4 rings (SSSR count). The summed E-state index contributed by atoms with van der Waals surface area (Å²) in [5.41, 5.74) is 7.19. The van der Waals surface area contributed by atoms with Gasteiger partial charge in [-0.25, -0.2) is 9.67 Å². The van der Waals surface area contributed by atoms with Gasteiger partial charge in [0.2, 0.25) is 5.91 Å². The number of rotatable bonds is 5. The van der Waals surface area contributed by atoms with E-state index in [1.807, 2.05) is 65.3 Å². The van der Waals surface area contributed by atoms with E-state index in [1.165, 1.54) is 0 Å². The van der Waals surface area contributed by atoms with Gasteiger partial charge in [-0.05, 0) is 36.3 Å². The molecule has 0 radical (unpaired) electrons. The van der Waals surface area contributed by atoms with Crippen LogP contribution in [0.1, 0.15) is 36.4 Å². The molecule has 3 aromatic rings. The van der Waals surface area contributed by atoms with E-state index in [9.17, 15) is 4.79 Å². The summed E-state index contributed by atoms with van der Waals surface area (Å²) < 4.78 is 1.90. The van der Waals surface area contributed by atoms with Crippen LogP contribution in [0.4, 0.5) is 0 Å². The molecule has 1 saturated carbocycles. The molecule has 1 aliphatic rings. The van der Waals surface area contributed by atoms with E-state index in [0.29, 0.717) is 0 Å². The van der Waals surface area contributed by atoms with Gasteiger partial charge in [-0.15, -0.1) is 0 Å². The van der Waals surface area contributed by atoms with Crippen molar-refractivity contribution in [1.82, 2.24) is 14.8 Å². The molecule has 1 fully saturated rings. The maximum absolute atomic E-state index is 13.0. The zero-order valence-electron chi connectivity index (χ0n) is 14.5. The fraction of sp³-hybridized carbons (Fsp3) is 0.286. The summed E-state index contributed by atoms with van der Waals surface area (Å²) in [5.74, 6) is -0.182. The molecule has 0 aliphatic heterocycles. The molecule has 2 aromatic carbocycles. The van der Waals surface area contributed by atoms with E-state index in [2.05, 4.69) is 10.1 Å². The van der Waals surface area contributed by atoms with Crippen molar-refractivity contribution in [1.29, 1.82) is 0 Å². The van der Waals surface area contributed by atoms with Crippen LogP contribution in [0.5, 0.6) is 0 Å². The lowest BCUT2D eigenvalue weighted by molar-refractivity contribution is -0.123. The molecular weight excluding hydrogens is 324 g/mol. The first-order valence-electron chi connectivity index (χ1n) is 8.98. The van der Waals surface area contributed by atoms with Crippen molar-refractivity contribution in [3.63, 3.8) is 0 Å². The zero-order valence-corrected chi connectivity index (χ0v) is 14.5. The van der Waals surface area contributed by atoms with Crippen LogP contribution in [-0.2, 0) is 10.2 Å². The summed E-state index contributed by atoms with van der Waals surface area (Å²) >= 11 is 0. The van der Waals surface area contributed by atoms with Crippen molar-refractivity contribution in [2.45, 2.75) is 30.7 Å². The van der Waals surface area contributed by atoms with E-state index in [4.69, 9.17) is 5.73 Å². The van der Waals surface area contributed by atoms with Gasteiger partial charge in [-0.2, -0.15) is 5.10 Å². The van der Waals surface area contributed by atoms with Gasteiger partial charge in [0, 0.05) is 0 Å². The Kier molecular flexibility index (Phi) is 4.29. The van der Waals surface area contributed by atoms with Gasteiger partial charge < -0.3 is 5.73 Å². The minimum atomic E-state index is -0.835. The van der Waals surface area contributed by atoms with E-state index >= 15 is 0 Å². The van der Waals surface area contributed by atoms with Crippen LogP contribution in [0, 0.1) is 5.92 Å². The third kappa shape index (κ3) is 2.60. The largest absolute Gasteiger partial charge is 0.369 e. The first kappa shape index (κ1) is 16.5. The fourth-order valence-corrected chi connectivity index (χ4v) is 4.52. The molecule has 0 spiro atoms. The lowest BCUT2D eigenvalue weighted by Gasteiger charge is -2.37. The molecule has 1 aliphatic carbocycles. The average molecular weight is 346 g/mol. The number of hydrogen-bond donors (Lipinski definition) is 1. The van der Waals surface area contributed by atoms with Crippen LogP contribution in [0.25, 0.3) is 0 Å². The second-order valence-corrected chi connectivity index (χ2v) is 6.94. The Labute approximate surface area is 152 Å². The highest BCUT2D eigenvalue weighted by molar-refractivity contribution is 5.91. The standard InChI is InChI=1S/C21H22N4O/c22-20(26)21(16-7-3-1-4-8-16,17-9-5-2-6-10-17)18-11-12-19(13-18)25-15-23-14-24-25/h1-10,14-15,18-19H,11-13H2,(H2,22,26)/t18-,19+/m0/s1. The average Bonchev–Trinajstić information content (AvgIpc) is 3.36. The zero-order chi connectivity index (χ0) is 18.0. The van der Waals surface area contributed by atoms with Crippen molar-refractivity contribution in [3.05, 3.63) is 84.4 Å². The number of carbonyl (C=O) groups is 1. The van der Waals surface area contributed by atoms with Crippen molar-refractivity contribution in [3.8, 4) is 0 Å². The number of aromatic nitrogens is 3. The lowest BCUT2D eigenvalue weighted by Crippen LogP contribution is -2.47. The molecule has 5 heteroatoms. The van der Waals surface area contributed by atoms with Crippen LogP contribution in [-0.4, -0.2) is 20.7 Å². The molecule has 0 bridgehead atoms. The van der Waals surface area contributed by atoms with Crippen LogP contribution >= 0.6 is 0 Å². The number of hydrogen-bond acceptors (Lipinski definition) is 3. The van der Waals surface area contributed by atoms with E-state index in [0.717, 1.165) is 30.4 Å². The molecule has 2 N–H and O–H groups in total. The number of primary amides is 1. The SMILES string of the molecule is NC(=O)C(c1ccccc1)(c1ccccc1)[C@H]1CC[C@@H](n2cncn2)C1. The Morgan fingerprint density at radius 2 is 1.62 bits per heavy atom. The normalized spacial score (nSPS) is 20.2. The molecule has 0 saturated heterocycles. The first-order chi connectivity index (χ1) is 12.7. The highest BCUT2D eigenvalue weighted by Gasteiger charge is 2.50. The Morgan fingerprint density at radius 3 is 2.12 bits per heavy atom. The van der Waals surface area contributed by atoms with Crippen molar-refractivity contribution < 1.29 is 4.79 Å². The number of amides is 1. The molecule has 5 nitrogen and oxygen atoms in total.